The first-order chi connectivity index (χ1) is 7.75. The van der Waals surface area contributed by atoms with Crippen LogP contribution in [-0.4, -0.2) is 51.3 Å². The summed E-state index contributed by atoms with van der Waals surface area (Å²) in [7, 11) is 4.18. The summed E-state index contributed by atoms with van der Waals surface area (Å²) in [4.78, 5) is 4.58. The van der Waals surface area contributed by atoms with Gasteiger partial charge in [0.25, 0.3) is 0 Å². The maximum absolute atomic E-state index is 5.76. The van der Waals surface area contributed by atoms with E-state index in [0.717, 1.165) is 26.2 Å². The second-order valence-electron chi connectivity index (χ2n) is 4.54. The molecule has 0 spiro atoms. The number of likely N-dealkylation sites (N-methyl/N-ethyl adjacent to an activating group) is 1. The SMILES string of the molecule is CN(C)C[C@H]1CN(c2ccccc2)CCO1. The quantitative estimate of drug-likeness (QED) is 0.767. The highest BCUT2D eigenvalue weighted by molar-refractivity contribution is 5.46. The van der Waals surface area contributed by atoms with E-state index in [0.29, 0.717) is 6.10 Å². The zero-order chi connectivity index (χ0) is 11.4. The topological polar surface area (TPSA) is 15.7 Å². The zero-order valence-corrected chi connectivity index (χ0v) is 10.1. The van der Waals surface area contributed by atoms with Crippen molar-refractivity contribution >= 4 is 5.69 Å². The van der Waals surface area contributed by atoms with Crippen LogP contribution >= 0.6 is 0 Å². The van der Waals surface area contributed by atoms with Crippen LogP contribution in [0.3, 0.4) is 0 Å². The summed E-state index contributed by atoms with van der Waals surface area (Å²) >= 11 is 0. The molecule has 1 aliphatic heterocycles. The highest BCUT2D eigenvalue weighted by Crippen LogP contribution is 2.17. The number of nitrogens with zero attached hydrogens (tertiary/aromatic N) is 2. The lowest BCUT2D eigenvalue weighted by molar-refractivity contribution is 0.0248. The largest absolute Gasteiger partial charge is 0.373 e. The molecule has 3 nitrogen and oxygen atoms in total. The van der Waals surface area contributed by atoms with Gasteiger partial charge in [-0.15, -0.1) is 0 Å². The molecule has 0 saturated carbocycles. The molecule has 1 heterocycles. The van der Waals surface area contributed by atoms with Gasteiger partial charge in [-0.05, 0) is 26.2 Å². The summed E-state index contributed by atoms with van der Waals surface area (Å²) in [5, 5.41) is 0. The fourth-order valence-electron chi connectivity index (χ4n) is 2.11. The lowest BCUT2D eigenvalue weighted by atomic mass is 10.2. The van der Waals surface area contributed by atoms with Crippen LogP contribution in [-0.2, 0) is 4.74 Å². The van der Waals surface area contributed by atoms with Crippen LogP contribution in [0.5, 0.6) is 0 Å². The van der Waals surface area contributed by atoms with Gasteiger partial charge in [-0.25, -0.2) is 0 Å². The van der Waals surface area contributed by atoms with Gasteiger partial charge in [0.2, 0.25) is 0 Å². The first-order valence-corrected chi connectivity index (χ1v) is 5.82. The lowest BCUT2D eigenvalue weighted by Crippen LogP contribution is -2.46. The molecular formula is C13H20N2O. The Balaban J connectivity index is 1.97. The normalized spacial score (nSPS) is 21.4. The van der Waals surface area contributed by atoms with Crippen molar-refractivity contribution in [2.75, 3.05) is 45.2 Å². The molecule has 1 fully saturated rings. The summed E-state index contributed by atoms with van der Waals surface area (Å²) in [6.07, 6.45) is 0.323. The summed E-state index contributed by atoms with van der Waals surface area (Å²) < 4.78 is 5.76. The molecule has 1 aromatic carbocycles. The van der Waals surface area contributed by atoms with Crippen LogP contribution in [0.2, 0.25) is 0 Å². The van der Waals surface area contributed by atoms with E-state index in [2.05, 4.69) is 54.2 Å². The number of ether oxygens (including phenoxy) is 1. The molecule has 0 radical (unpaired) electrons. The van der Waals surface area contributed by atoms with E-state index < -0.39 is 0 Å². The standard InChI is InChI=1S/C13H20N2O/c1-14(2)10-13-11-15(8-9-16-13)12-6-4-3-5-7-12/h3-7,13H,8-11H2,1-2H3/t13-/m0/s1. The molecule has 1 atom stereocenters. The van der Waals surface area contributed by atoms with Crippen LogP contribution in [0.15, 0.2) is 30.3 Å². The van der Waals surface area contributed by atoms with Gasteiger partial charge in [0.1, 0.15) is 0 Å². The van der Waals surface area contributed by atoms with Crippen molar-refractivity contribution in [2.45, 2.75) is 6.10 Å². The summed E-state index contributed by atoms with van der Waals surface area (Å²) in [6.45, 7) is 3.80. The minimum atomic E-state index is 0.323. The van der Waals surface area contributed by atoms with Gasteiger partial charge in [0.05, 0.1) is 12.7 Å². The number of para-hydroxylation sites is 1. The number of morpholine rings is 1. The van der Waals surface area contributed by atoms with Crippen LogP contribution in [0.25, 0.3) is 0 Å². The van der Waals surface area contributed by atoms with E-state index in [1.807, 2.05) is 0 Å². The van der Waals surface area contributed by atoms with Crippen molar-refractivity contribution < 1.29 is 4.74 Å². The Bertz CT molecular complexity index is 313. The first-order valence-electron chi connectivity index (χ1n) is 5.82. The van der Waals surface area contributed by atoms with Crippen molar-refractivity contribution in [3.05, 3.63) is 30.3 Å². The van der Waals surface area contributed by atoms with Crippen LogP contribution < -0.4 is 4.90 Å². The van der Waals surface area contributed by atoms with Gasteiger partial charge < -0.3 is 14.5 Å². The Kier molecular flexibility index (Phi) is 3.80. The molecule has 0 aromatic heterocycles. The molecule has 3 heteroatoms. The van der Waals surface area contributed by atoms with Crippen molar-refractivity contribution in [1.29, 1.82) is 0 Å². The van der Waals surface area contributed by atoms with E-state index in [1.54, 1.807) is 0 Å². The van der Waals surface area contributed by atoms with Gasteiger partial charge in [0.15, 0.2) is 0 Å². The fourth-order valence-corrected chi connectivity index (χ4v) is 2.11. The van der Waals surface area contributed by atoms with Crippen molar-refractivity contribution in [2.24, 2.45) is 0 Å². The smallest absolute Gasteiger partial charge is 0.0877 e. The third-order valence-corrected chi connectivity index (χ3v) is 2.83. The molecule has 0 aliphatic carbocycles. The average Bonchev–Trinajstić information content (AvgIpc) is 2.30. The van der Waals surface area contributed by atoms with E-state index in [-0.39, 0.29) is 0 Å². The Labute approximate surface area is 97.6 Å². The number of hydrogen-bond acceptors (Lipinski definition) is 3. The minimum absolute atomic E-state index is 0.323. The fraction of sp³-hybridized carbons (Fsp3) is 0.538. The van der Waals surface area contributed by atoms with Gasteiger partial charge >= 0.3 is 0 Å². The molecule has 16 heavy (non-hydrogen) atoms. The third kappa shape index (κ3) is 2.97. The summed E-state index contributed by atoms with van der Waals surface area (Å²) in [6, 6.07) is 10.6. The second kappa shape index (κ2) is 5.32. The molecule has 1 aromatic rings. The van der Waals surface area contributed by atoms with Crippen LogP contribution in [0, 0.1) is 0 Å². The van der Waals surface area contributed by atoms with Crippen molar-refractivity contribution in [3.8, 4) is 0 Å². The van der Waals surface area contributed by atoms with E-state index in [9.17, 15) is 0 Å². The molecule has 1 aliphatic rings. The molecule has 0 bridgehead atoms. The van der Waals surface area contributed by atoms with Crippen molar-refractivity contribution in [1.82, 2.24) is 4.90 Å². The molecule has 0 unspecified atom stereocenters. The Hall–Kier alpha value is -1.06. The third-order valence-electron chi connectivity index (χ3n) is 2.83. The van der Waals surface area contributed by atoms with Gasteiger partial charge in [-0.1, -0.05) is 18.2 Å². The molecule has 0 amide bonds. The van der Waals surface area contributed by atoms with E-state index >= 15 is 0 Å². The highest BCUT2D eigenvalue weighted by Gasteiger charge is 2.20. The van der Waals surface area contributed by atoms with Crippen LogP contribution in [0.1, 0.15) is 0 Å². The predicted octanol–water partition coefficient (Wildman–Crippen LogP) is 1.45. The van der Waals surface area contributed by atoms with Gasteiger partial charge in [-0.2, -0.15) is 0 Å². The number of anilines is 1. The van der Waals surface area contributed by atoms with Crippen LogP contribution in [0.4, 0.5) is 5.69 Å². The molecular weight excluding hydrogens is 200 g/mol. The minimum Gasteiger partial charge on any atom is -0.373 e. The maximum atomic E-state index is 5.76. The average molecular weight is 220 g/mol. The van der Waals surface area contributed by atoms with E-state index in [1.165, 1.54) is 5.69 Å². The van der Waals surface area contributed by atoms with E-state index in [4.69, 9.17) is 4.74 Å². The Morgan fingerprint density at radius 3 is 2.75 bits per heavy atom. The summed E-state index contributed by atoms with van der Waals surface area (Å²) in [5.41, 5.74) is 1.30. The molecule has 0 N–H and O–H groups in total. The monoisotopic (exact) mass is 220 g/mol. The number of benzene rings is 1. The molecule has 1 saturated heterocycles. The second-order valence-corrected chi connectivity index (χ2v) is 4.54. The van der Waals surface area contributed by atoms with Gasteiger partial charge in [0, 0.05) is 25.3 Å². The van der Waals surface area contributed by atoms with Crippen molar-refractivity contribution in [3.63, 3.8) is 0 Å². The number of rotatable bonds is 3. The molecule has 2 rings (SSSR count). The zero-order valence-electron chi connectivity index (χ0n) is 10.1. The Morgan fingerprint density at radius 1 is 1.31 bits per heavy atom. The summed E-state index contributed by atoms with van der Waals surface area (Å²) in [5.74, 6) is 0. The number of hydrogen-bond donors (Lipinski definition) is 0. The maximum Gasteiger partial charge on any atom is 0.0877 e. The van der Waals surface area contributed by atoms with Gasteiger partial charge in [-0.3, -0.25) is 0 Å². The highest BCUT2D eigenvalue weighted by atomic mass is 16.5. The molecule has 88 valence electrons. The first kappa shape index (κ1) is 11.4. The lowest BCUT2D eigenvalue weighted by Gasteiger charge is -2.35. The Morgan fingerprint density at radius 2 is 2.06 bits per heavy atom. The predicted molar refractivity (Wildman–Crippen MR) is 66.9 cm³/mol.